The number of aromatic nitrogens is 1. The molecule has 6 heteroatoms. The van der Waals surface area contributed by atoms with Crippen molar-refractivity contribution in [2.75, 3.05) is 0 Å². The molecule has 0 saturated carbocycles. The van der Waals surface area contributed by atoms with Crippen LogP contribution in [-0.2, 0) is 4.79 Å². The summed E-state index contributed by atoms with van der Waals surface area (Å²) in [5.41, 5.74) is 0. The predicted octanol–water partition coefficient (Wildman–Crippen LogP) is 1.48. The second kappa shape index (κ2) is 2.88. The Hall–Kier alpha value is -1.46. The zero-order valence-electron chi connectivity index (χ0n) is 5.68. The highest BCUT2D eigenvalue weighted by molar-refractivity contribution is 5.77. The molecule has 66 valence electrons. The maximum Gasteiger partial charge on any atom is 0.491 e. The number of hydrogen-bond donors (Lipinski definition) is 1. The first-order valence-corrected chi connectivity index (χ1v) is 2.92. The van der Waals surface area contributed by atoms with Gasteiger partial charge in [0.1, 0.15) is 0 Å². The summed E-state index contributed by atoms with van der Waals surface area (Å²) in [5.74, 6) is -2.46. The molecule has 0 atom stereocenters. The van der Waals surface area contributed by atoms with Crippen molar-refractivity contribution in [1.29, 1.82) is 0 Å². The smallest absolute Gasteiger partial charge is 0.403 e. The number of esters is 1. The first-order chi connectivity index (χ1) is 5.50. The van der Waals surface area contributed by atoms with E-state index >= 15 is 0 Å². The van der Waals surface area contributed by atoms with Crippen LogP contribution in [0.25, 0.3) is 0 Å². The minimum atomic E-state index is -4.95. The summed E-state index contributed by atoms with van der Waals surface area (Å²) in [6.07, 6.45) is -3.61. The predicted molar refractivity (Wildman–Crippen MR) is 32.5 cm³/mol. The first kappa shape index (κ1) is 8.63. The van der Waals surface area contributed by atoms with Crippen LogP contribution in [-0.4, -0.2) is 17.1 Å². The molecule has 1 N–H and O–H groups in total. The summed E-state index contributed by atoms with van der Waals surface area (Å²) in [5, 5.41) is 0. The van der Waals surface area contributed by atoms with Crippen LogP contribution >= 0.6 is 0 Å². The highest BCUT2D eigenvalue weighted by Crippen LogP contribution is 2.18. The van der Waals surface area contributed by atoms with Gasteiger partial charge in [-0.1, -0.05) is 0 Å². The number of halogens is 3. The van der Waals surface area contributed by atoms with E-state index in [1.165, 1.54) is 18.3 Å². The van der Waals surface area contributed by atoms with Crippen LogP contribution in [0.4, 0.5) is 13.2 Å². The maximum absolute atomic E-state index is 11.6. The SMILES string of the molecule is O=C(Oc1ccc[nH]1)C(F)(F)F. The fourth-order valence-corrected chi connectivity index (χ4v) is 0.535. The summed E-state index contributed by atoms with van der Waals surface area (Å²) in [6.45, 7) is 0. The third-order valence-electron chi connectivity index (χ3n) is 1.00. The van der Waals surface area contributed by atoms with E-state index in [1.54, 1.807) is 0 Å². The van der Waals surface area contributed by atoms with Crippen LogP contribution in [0.5, 0.6) is 5.88 Å². The fourth-order valence-electron chi connectivity index (χ4n) is 0.535. The number of ether oxygens (including phenoxy) is 1. The number of nitrogens with one attached hydrogen (secondary N) is 1. The van der Waals surface area contributed by atoms with Gasteiger partial charge in [-0.15, -0.1) is 0 Å². The second-order valence-electron chi connectivity index (χ2n) is 1.92. The molecular weight excluding hydrogens is 175 g/mol. The van der Waals surface area contributed by atoms with E-state index in [4.69, 9.17) is 0 Å². The van der Waals surface area contributed by atoms with E-state index in [-0.39, 0.29) is 5.88 Å². The molecule has 0 amide bonds. The molecule has 0 bridgehead atoms. The normalized spacial score (nSPS) is 11.2. The molecule has 3 nitrogen and oxygen atoms in total. The van der Waals surface area contributed by atoms with Gasteiger partial charge in [-0.3, -0.25) is 0 Å². The molecule has 0 aliphatic heterocycles. The summed E-state index contributed by atoms with van der Waals surface area (Å²) in [6, 6.07) is 2.63. The third kappa shape index (κ3) is 2.01. The van der Waals surface area contributed by atoms with Gasteiger partial charge in [0.25, 0.3) is 0 Å². The minimum absolute atomic E-state index is 0.225. The van der Waals surface area contributed by atoms with E-state index in [0.29, 0.717) is 0 Å². The lowest BCUT2D eigenvalue weighted by atomic mass is 10.6. The average Bonchev–Trinajstić information content (AvgIpc) is 2.37. The average molecular weight is 179 g/mol. The molecule has 12 heavy (non-hydrogen) atoms. The van der Waals surface area contributed by atoms with Crippen molar-refractivity contribution in [1.82, 2.24) is 4.98 Å². The Morgan fingerprint density at radius 1 is 1.50 bits per heavy atom. The lowest BCUT2D eigenvalue weighted by molar-refractivity contribution is -0.189. The highest BCUT2D eigenvalue weighted by Gasteiger charge is 2.41. The molecule has 1 rings (SSSR count). The molecule has 0 saturated heterocycles. The molecule has 0 radical (unpaired) electrons. The third-order valence-corrected chi connectivity index (χ3v) is 1.00. The number of carbonyl (C=O) groups is 1. The molecule has 1 aromatic rings. The molecule has 0 fully saturated rings. The molecule has 0 aliphatic rings. The van der Waals surface area contributed by atoms with Crippen molar-refractivity contribution in [3.05, 3.63) is 18.3 Å². The van der Waals surface area contributed by atoms with E-state index in [2.05, 4.69) is 9.72 Å². The van der Waals surface area contributed by atoms with Crippen molar-refractivity contribution in [2.24, 2.45) is 0 Å². The molecule has 0 unspecified atom stereocenters. The van der Waals surface area contributed by atoms with Crippen LogP contribution in [0.3, 0.4) is 0 Å². The monoisotopic (exact) mass is 179 g/mol. The summed E-state index contributed by atoms with van der Waals surface area (Å²) in [4.78, 5) is 12.5. The van der Waals surface area contributed by atoms with Gasteiger partial charge >= 0.3 is 12.1 Å². The van der Waals surface area contributed by atoms with Gasteiger partial charge in [-0.25, -0.2) is 4.79 Å². The van der Waals surface area contributed by atoms with Gasteiger partial charge in [-0.2, -0.15) is 13.2 Å². The molecule has 0 aliphatic carbocycles. The highest BCUT2D eigenvalue weighted by atomic mass is 19.4. The zero-order valence-corrected chi connectivity index (χ0v) is 5.68. The minimum Gasteiger partial charge on any atom is -0.403 e. The van der Waals surface area contributed by atoms with E-state index in [1.807, 2.05) is 0 Å². The standard InChI is InChI=1S/C6H4F3NO2/c7-6(8,9)5(11)12-4-2-1-3-10-4/h1-3,10H. The maximum atomic E-state index is 11.6. The van der Waals surface area contributed by atoms with Crippen molar-refractivity contribution >= 4 is 5.97 Å². The number of H-pyrrole nitrogens is 1. The van der Waals surface area contributed by atoms with Gasteiger partial charge in [-0.05, 0) is 6.07 Å². The van der Waals surface area contributed by atoms with Crippen LogP contribution in [0.1, 0.15) is 0 Å². The Labute approximate surface area is 65.1 Å². The second-order valence-corrected chi connectivity index (χ2v) is 1.92. The van der Waals surface area contributed by atoms with E-state index in [9.17, 15) is 18.0 Å². The van der Waals surface area contributed by atoms with Gasteiger partial charge in [0.2, 0.25) is 5.88 Å². The molecule has 0 aromatic carbocycles. The molecular formula is C6H4F3NO2. The van der Waals surface area contributed by atoms with E-state index in [0.717, 1.165) is 0 Å². The van der Waals surface area contributed by atoms with Crippen LogP contribution in [0.15, 0.2) is 18.3 Å². The quantitative estimate of drug-likeness (QED) is 0.663. The Bertz CT molecular complexity index is 265. The molecule has 0 spiro atoms. The van der Waals surface area contributed by atoms with Gasteiger partial charge in [0.15, 0.2) is 0 Å². The Kier molecular flexibility index (Phi) is 2.07. The lowest BCUT2D eigenvalue weighted by Gasteiger charge is -2.03. The van der Waals surface area contributed by atoms with Crippen molar-refractivity contribution < 1.29 is 22.7 Å². The lowest BCUT2D eigenvalue weighted by Crippen LogP contribution is -2.28. The fraction of sp³-hybridized carbons (Fsp3) is 0.167. The number of aromatic amines is 1. The first-order valence-electron chi connectivity index (χ1n) is 2.92. The Morgan fingerprint density at radius 2 is 2.17 bits per heavy atom. The van der Waals surface area contributed by atoms with Crippen molar-refractivity contribution in [2.45, 2.75) is 6.18 Å². The van der Waals surface area contributed by atoms with Gasteiger partial charge in [0, 0.05) is 12.3 Å². The van der Waals surface area contributed by atoms with Crippen LogP contribution in [0, 0.1) is 0 Å². The summed E-state index contributed by atoms with van der Waals surface area (Å²) < 4.78 is 38.6. The van der Waals surface area contributed by atoms with Gasteiger partial charge < -0.3 is 9.72 Å². The Balaban J connectivity index is 2.60. The topological polar surface area (TPSA) is 42.1 Å². The van der Waals surface area contributed by atoms with Gasteiger partial charge in [0.05, 0.1) is 0 Å². The number of carbonyl (C=O) groups excluding carboxylic acids is 1. The largest absolute Gasteiger partial charge is 0.491 e. The number of rotatable bonds is 1. The molecule has 1 heterocycles. The summed E-state index contributed by atoms with van der Waals surface area (Å²) in [7, 11) is 0. The number of alkyl halides is 3. The van der Waals surface area contributed by atoms with Crippen LogP contribution < -0.4 is 4.74 Å². The van der Waals surface area contributed by atoms with Crippen molar-refractivity contribution in [3.63, 3.8) is 0 Å². The van der Waals surface area contributed by atoms with Crippen molar-refractivity contribution in [3.8, 4) is 5.88 Å². The Morgan fingerprint density at radius 3 is 2.58 bits per heavy atom. The van der Waals surface area contributed by atoms with E-state index < -0.39 is 12.1 Å². The zero-order chi connectivity index (χ0) is 9.19. The number of hydrogen-bond acceptors (Lipinski definition) is 2. The van der Waals surface area contributed by atoms with Crippen LogP contribution in [0.2, 0.25) is 0 Å². The molecule has 1 aromatic heterocycles. The summed E-state index contributed by atoms with van der Waals surface area (Å²) >= 11 is 0.